The van der Waals surface area contributed by atoms with Gasteiger partial charge in [0.2, 0.25) is 0 Å². The van der Waals surface area contributed by atoms with Crippen LogP contribution in [-0.2, 0) is 6.54 Å². The van der Waals surface area contributed by atoms with Gasteiger partial charge in [-0.3, -0.25) is 0 Å². The summed E-state index contributed by atoms with van der Waals surface area (Å²) in [5.74, 6) is 0. The average molecular weight is 330 g/mol. The minimum Gasteiger partial charge on any atom is -0.334 e. The van der Waals surface area contributed by atoms with Gasteiger partial charge in [-0.25, -0.2) is 9.48 Å². The van der Waals surface area contributed by atoms with Crippen molar-refractivity contribution in [3.05, 3.63) is 48.3 Å². The van der Waals surface area contributed by atoms with Gasteiger partial charge >= 0.3 is 6.03 Å². The van der Waals surface area contributed by atoms with Crippen LogP contribution in [0.4, 0.5) is 4.79 Å². The minimum atomic E-state index is -0.0768. The van der Waals surface area contributed by atoms with E-state index in [0.29, 0.717) is 17.8 Å². The predicted molar refractivity (Wildman–Crippen MR) is 93.9 cm³/mol. The van der Waals surface area contributed by atoms with E-state index in [-0.39, 0.29) is 6.03 Å². The zero-order valence-electron chi connectivity index (χ0n) is 13.2. The van der Waals surface area contributed by atoms with Gasteiger partial charge in [0.15, 0.2) is 0 Å². The topological polar surface area (TPSA) is 59.0 Å². The molecule has 0 unspecified atom stereocenters. The molecule has 0 spiro atoms. The lowest BCUT2D eigenvalue weighted by atomic mass is 10.2. The number of urea groups is 1. The molecule has 1 saturated carbocycles. The van der Waals surface area contributed by atoms with E-state index in [1.165, 1.54) is 12.8 Å². The molecule has 0 radical (unpaired) electrons. The van der Waals surface area contributed by atoms with Crippen LogP contribution >= 0.6 is 11.8 Å². The standard InChI is InChI=1S/C17H22N4OS/c1-23-16-5-2-4-15(16)20-17(22)18-12-13-6-8-14(9-7-13)21-11-3-10-19-21/h3,6-11,15-16H,2,4-5,12H2,1H3,(H2,18,20,22)/t15-,16+/m1/s1. The smallest absolute Gasteiger partial charge is 0.315 e. The Hall–Kier alpha value is -1.95. The monoisotopic (exact) mass is 330 g/mol. The van der Waals surface area contributed by atoms with Crippen molar-refractivity contribution in [3.8, 4) is 5.69 Å². The molecule has 0 saturated heterocycles. The maximum atomic E-state index is 12.0. The van der Waals surface area contributed by atoms with Crippen LogP contribution in [0.25, 0.3) is 5.69 Å². The third-order valence-electron chi connectivity index (χ3n) is 4.23. The third kappa shape index (κ3) is 4.07. The van der Waals surface area contributed by atoms with Gasteiger partial charge in [-0.15, -0.1) is 0 Å². The summed E-state index contributed by atoms with van der Waals surface area (Å²) in [6.07, 6.45) is 9.25. The number of carbonyl (C=O) groups excluding carboxylic acids is 1. The Morgan fingerprint density at radius 2 is 2.17 bits per heavy atom. The molecule has 3 rings (SSSR count). The van der Waals surface area contributed by atoms with Crippen LogP contribution in [0.1, 0.15) is 24.8 Å². The molecule has 23 heavy (non-hydrogen) atoms. The van der Waals surface area contributed by atoms with Crippen LogP contribution in [0.3, 0.4) is 0 Å². The second kappa shape index (κ2) is 7.55. The van der Waals surface area contributed by atoms with Crippen molar-refractivity contribution in [2.24, 2.45) is 0 Å². The van der Waals surface area contributed by atoms with E-state index in [0.717, 1.165) is 17.7 Å². The number of carbonyl (C=O) groups is 1. The summed E-state index contributed by atoms with van der Waals surface area (Å²) in [6.45, 7) is 0.530. The Morgan fingerprint density at radius 1 is 1.35 bits per heavy atom. The zero-order valence-corrected chi connectivity index (χ0v) is 14.1. The number of hydrogen-bond acceptors (Lipinski definition) is 3. The zero-order chi connectivity index (χ0) is 16.1. The highest BCUT2D eigenvalue weighted by Crippen LogP contribution is 2.28. The SMILES string of the molecule is CS[C@H]1CCC[C@H]1NC(=O)NCc1ccc(-n2cccn2)cc1. The van der Waals surface area contributed by atoms with Crippen LogP contribution < -0.4 is 10.6 Å². The summed E-state index contributed by atoms with van der Waals surface area (Å²) in [4.78, 5) is 12.0. The van der Waals surface area contributed by atoms with E-state index in [1.54, 1.807) is 6.20 Å². The first-order chi connectivity index (χ1) is 11.3. The molecule has 1 aliphatic rings. The molecule has 5 nitrogen and oxygen atoms in total. The fourth-order valence-corrected chi connectivity index (χ4v) is 3.90. The van der Waals surface area contributed by atoms with Crippen LogP contribution in [0.5, 0.6) is 0 Å². The molecule has 6 heteroatoms. The highest BCUT2D eigenvalue weighted by atomic mass is 32.2. The number of benzene rings is 1. The summed E-state index contributed by atoms with van der Waals surface area (Å²) in [5.41, 5.74) is 2.08. The van der Waals surface area contributed by atoms with Crippen molar-refractivity contribution in [1.29, 1.82) is 0 Å². The molecule has 1 aromatic heterocycles. The van der Waals surface area contributed by atoms with E-state index in [1.807, 2.05) is 53.0 Å². The van der Waals surface area contributed by atoms with Crippen molar-refractivity contribution in [3.63, 3.8) is 0 Å². The maximum Gasteiger partial charge on any atom is 0.315 e. The molecule has 2 atom stereocenters. The molecule has 0 bridgehead atoms. The van der Waals surface area contributed by atoms with Crippen LogP contribution in [0, 0.1) is 0 Å². The summed E-state index contributed by atoms with van der Waals surface area (Å²) >= 11 is 1.85. The van der Waals surface area contributed by atoms with E-state index in [9.17, 15) is 4.79 Å². The fourth-order valence-electron chi connectivity index (χ4n) is 2.96. The van der Waals surface area contributed by atoms with E-state index in [4.69, 9.17) is 0 Å². The Kier molecular flexibility index (Phi) is 5.23. The molecule has 1 heterocycles. The molecular weight excluding hydrogens is 308 g/mol. The molecular formula is C17H22N4OS. The maximum absolute atomic E-state index is 12.0. The fraction of sp³-hybridized carbons (Fsp3) is 0.412. The lowest BCUT2D eigenvalue weighted by Crippen LogP contribution is -2.44. The number of rotatable bonds is 5. The van der Waals surface area contributed by atoms with Gasteiger partial charge in [-0.1, -0.05) is 18.6 Å². The minimum absolute atomic E-state index is 0.0768. The molecule has 2 N–H and O–H groups in total. The highest BCUT2D eigenvalue weighted by Gasteiger charge is 2.27. The molecule has 1 aliphatic carbocycles. The first kappa shape index (κ1) is 15.9. The normalized spacial score (nSPS) is 20.4. The van der Waals surface area contributed by atoms with E-state index >= 15 is 0 Å². The Bertz CT molecular complexity index is 627. The second-order valence-electron chi connectivity index (χ2n) is 5.76. The van der Waals surface area contributed by atoms with Gasteiger partial charge in [-0.05, 0) is 42.9 Å². The largest absolute Gasteiger partial charge is 0.334 e. The van der Waals surface area contributed by atoms with Gasteiger partial charge in [0, 0.05) is 30.2 Å². The Labute approximate surface area is 140 Å². The Morgan fingerprint density at radius 3 is 2.87 bits per heavy atom. The molecule has 1 aromatic carbocycles. The number of nitrogens with one attached hydrogen (secondary N) is 2. The quantitative estimate of drug-likeness (QED) is 0.886. The number of amides is 2. The number of aromatic nitrogens is 2. The van der Waals surface area contributed by atoms with Gasteiger partial charge < -0.3 is 10.6 Å². The first-order valence-electron chi connectivity index (χ1n) is 7.92. The molecule has 2 amide bonds. The lowest BCUT2D eigenvalue weighted by Gasteiger charge is -2.19. The summed E-state index contributed by atoms with van der Waals surface area (Å²) in [7, 11) is 0. The number of hydrogen-bond donors (Lipinski definition) is 2. The highest BCUT2D eigenvalue weighted by molar-refractivity contribution is 7.99. The molecule has 2 aromatic rings. The summed E-state index contributed by atoms with van der Waals surface area (Å²) in [6, 6.07) is 10.1. The first-order valence-corrected chi connectivity index (χ1v) is 9.21. The molecule has 1 fully saturated rings. The van der Waals surface area contributed by atoms with Crippen molar-refractivity contribution in [2.45, 2.75) is 37.1 Å². The van der Waals surface area contributed by atoms with E-state index in [2.05, 4.69) is 22.0 Å². The van der Waals surface area contributed by atoms with Gasteiger partial charge in [0.05, 0.1) is 5.69 Å². The molecule has 122 valence electrons. The van der Waals surface area contributed by atoms with Gasteiger partial charge in [0.25, 0.3) is 0 Å². The van der Waals surface area contributed by atoms with Gasteiger partial charge in [0.1, 0.15) is 0 Å². The van der Waals surface area contributed by atoms with Crippen molar-refractivity contribution >= 4 is 17.8 Å². The van der Waals surface area contributed by atoms with Crippen molar-refractivity contribution in [2.75, 3.05) is 6.26 Å². The van der Waals surface area contributed by atoms with Crippen molar-refractivity contribution < 1.29 is 4.79 Å². The third-order valence-corrected chi connectivity index (χ3v) is 5.40. The average Bonchev–Trinajstić information content (AvgIpc) is 3.25. The van der Waals surface area contributed by atoms with Gasteiger partial charge in [-0.2, -0.15) is 16.9 Å². The number of thioether (sulfide) groups is 1. The van der Waals surface area contributed by atoms with Crippen LogP contribution in [0.2, 0.25) is 0 Å². The molecule has 0 aliphatic heterocycles. The second-order valence-corrected chi connectivity index (χ2v) is 6.83. The summed E-state index contributed by atoms with van der Waals surface area (Å²) in [5, 5.41) is 10.8. The predicted octanol–water partition coefficient (Wildman–Crippen LogP) is 2.96. The van der Waals surface area contributed by atoms with Crippen LogP contribution in [0.15, 0.2) is 42.7 Å². The summed E-state index contributed by atoms with van der Waals surface area (Å²) < 4.78 is 1.81. The van der Waals surface area contributed by atoms with Crippen molar-refractivity contribution in [1.82, 2.24) is 20.4 Å². The Balaban J connectivity index is 1.49. The van der Waals surface area contributed by atoms with Crippen LogP contribution in [-0.4, -0.2) is 33.4 Å². The number of nitrogens with zero attached hydrogens (tertiary/aromatic N) is 2. The van der Waals surface area contributed by atoms with E-state index < -0.39 is 0 Å². The lowest BCUT2D eigenvalue weighted by molar-refractivity contribution is 0.237.